The molecular weight excluding hydrogens is 451 g/mol. The van der Waals surface area contributed by atoms with Gasteiger partial charge in [-0.15, -0.1) is 0 Å². The van der Waals surface area contributed by atoms with E-state index in [1.54, 1.807) is 0 Å². The van der Waals surface area contributed by atoms with Crippen LogP contribution in [0.4, 0.5) is 0 Å². The molecule has 162 valence electrons. The van der Waals surface area contributed by atoms with Crippen molar-refractivity contribution in [3.8, 4) is 0 Å². The van der Waals surface area contributed by atoms with E-state index in [0.29, 0.717) is 11.6 Å². The predicted octanol–water partition coefficient (Wildman–Crippen LogP) is 3.84. The molecule has 1 fully saturated rings. The third-order valence-corrected chi connectivity index (χ3v) is 7.29. The molecule has 1 saturated carbocycles. The van der Waals surface area contributed by atoms with Crippen LogP contribution in [0.15, 0.2) is 29.2 Å². The van der Waals surface area contributed by atoms with Gasteiger partial charge in [0.1, 0.15) is 4.90 Å². The minimum atomic E-state index is -3.99. The van der Waals surface area contributed by atoms with Crippen LogP contribution in [0.2, 0.25) is 10.0 Å². The van der Waals surface area contributed by atoms with Gasteiger partial charge in [0.05, 0.1) is 16.5 Å². The van der Waals surface area contributed by atoms with Crippen molar-refractivity contribution < 1.29 is 22.7 Å². The average Bonchev–Trinajstić information content (AvgIpc) is 3.44. The molecule has 1 aliphatic rings. The molecule has 1 heterocycles. The number of nitrogens with zero attached hydrogens (tertiary/aromatic N) is 1. The predicted molar refractivity (Wildman–Crippen MR) is 114 cm³/mol. The maximum atomic E-state index is 12.4. The molecule has 1 aliphatic carbocycles. The third kappa shape index (κ3) is 5.06. The highest BCUT2D eigenvalue weighted by Crippen LogP contribution is 2.38. The first-order valence-corrected chi connectivity index (χ1v) is 11.7. The smallest absolute Gasteiger partial charge is 0.307 e. The highest BCUT2D eigenvalue weighted by atomic mass is 35.5. The van der Waals surface area contributed by atoms with Crippen molar-refractivity contribution in [3.05, 3.63) is 51.3 Å². The van der Waals surface area contributed by atoms with E-state index in [0.717, 1.165) is 24.2 Å². The molecule has 10 heteroatoms. The Morgan fingerprint density at radius 3 is 2.43 bits per heavy atom. The van der Waals surface area contributed by atoms with E-state index in [2.05, 4.69) is 9.29 Å². The second-order valence-electron chi connectivity index (χ2n) is 7.17. The number of nitrogens with one attached hydrogen (secondary N) is 1. The third-order valence-electron chi connectivity index (χ3n) is 4.87. The Hall–Kier alpha value is -1.87. The van der Waals surface area contributed by atoms with E-state index in [4.69, 9.17) is 27.9 Å². The Kier molecular flexibility index (Phi) is 6.91. The highest BCUT2D eigenvalue weighted by Gasteiger charge is 2.28. The molecule has 0 bridgehead atoms. The van der Waals surface area contributed by atoms with E-state index in [1.165, 1.54) is 18.2 Å². The maximum absolute atomic E-state index is 12.4. The normalized spacial score (nSPS) is 14.0. The Labute approximate surface area is 185 Å². The zero-order valence-corrected chi connectivity index (χ0v) is 18.9. The number of halogens is 2. The number of hydrogen-bond donors (Lipinski definition) is 1. The van der Waals surface area contributed by atoms with Crippen LogP contribution in [0, 0.1) is 13.8 Å². The largest absolute Gasteiger partial charge is 0.457 e. The molecule has 0 unspecified atom stereocenters. The van der Waals surface area contributed by atoms with Crippen LogP contribution in [0.25, 0.3) is 0 Å². The summed E-state index contributed by atoms with van der Waals surface area (Å²) >= 11 is 11.8. The van der Waals surface area contributed by atoms with Crippen LogP contribution < -0.4 is 4.72 Å². The van der Waals surface area contributed by atoms with E-state index in [1.807, 2.05) is 19.9 Å². The van der Waals surface area contributed by atoms with Crippen molar-refractivity contribution in [1.29, 1.82) is 0 Å². The van der Waals surface area contributed by atoms with Crippen LogP contribution in [0.1, 0.15) is 47.1 Å². The number of sulfonamides is 1. The molecule has 0 saturated heterocycles. The number of carbonyl (C=O) groups is 2. The number of carbonyl (C=O) groups excluding carboxylic acids is 2. The first-order valence-electron chi connectivity index (χ1n) is 9.42. The van der Waals surface area contributed by atoms with Gasteiger partial charge in [0, 0.05) is 29.5 Å². The summed E-state index contributed by atoms with van der Waals surface area (Å²) in [6, 6.07) is 6.60. The molecule has 0 aliphatic heterocycles. The fourth-order valence-corrected chi connectivity index (χ4v) is 5.52. The van der Waals surface area contributed by atoms with Crippen LogP contribution in [-0.2, 0) is 19.6 Å². The van der Waals surface area contributed by atoms with Gasteiger partial charge >= 0.3 is 5.97 Å². The number of aryl methyl sites for hydroxylation is 1. The monoisotopic (exact) mass is 472 g/mol. The Bertz CT molecular complexity index is 1070. The van der Waals surface area contributed by atoms with Gasteiger partial charge < -0.3 is 9.30 Å². The van der Waals surface area contributed by atoms with E-state index in [9.17, 15) is 18.0 Å². The number of aromatic nitrogens is 1. The zero-order valence-electron chi connectivity index (χ0n) is 16.6. The molecule has 2 aromatic rings. The molecule has 0 amide bonds. The number of benzene rings is 1. The minimum absolute atomic E-state index is 0.0213. The summed E-state index contributed by atoms with van der Waals surface area (Å²) in [5, 5.41) is -0.0426. The first-order chi connectivity index (χ1) is 14.1. The highest BCUT2D eigenvalue weighted by molar-refractivity contribution is 7.89. The molecule has 1 N–H and O–H groups in total. The van der Waals surface area contributed by atoms with Crippen LogP contribution >= 0.6 is 23.2 Å². The van der Waals surface area contributed by atoms with Crippen molar-refractivity contribution in [1.82, 2.24) is 9.29 Å². The van der Waals surface area contributed by atoms with Crippen molar-refractivity contribution in [2.75, 3.05) is 13.2 Å². The van der Waals surface area contributed by atoms with Gasteiger partial charge in [0.2, 0.25) is 15.8 Å². The fraction of sp³-hybridized carbons (Fsp3) is 0.400. The summed E-state index contributed by atoms with van der Waals surface area (Å²) in [7, 11) is -3.99. The second-order valence-corrected chi connectivity index (χ2v) is 9.69. The van der Waals surface area contributed by atoms with Gasteiger partial charge in [-0.1, -0.05) is 29.3 Å². The standard InChI is InChI=1S/C20H22Cl2N2O5S/c1-12-10-15(13(2)24(12)14-6-7-14)18(25)11-29-19(26)8-9-23-30(27,28)20-16(21)4-3-5-17(20)22/h3-5,10,14,23H,6-9,11H2,1-2H3. The molecule has 1 aromatic heterocycles. The number of Topliss-reactive ketones (excluding diaryl/α,β-unsaturated/α-hetero) is 1. The summed E-state index contributed by atoms with van der Waals surface area (Å²) in [5.41, 5.74) is 2.43. The molecule has 0 radical (unpaired) electrons. The lowest BCUT2D eigenvalue weighted by Gasteiger charge is -2.10. The second kappa shape index (κ2) is 9.09. The lowest BCUT2D eigenvalue weighted by atomic mass is 10.1. The molecule has 3 rings (SSSR count). The summed E-state index contributed by atoms with van der Waals surface area (Å²) < 4.78 is 34.1. The lowest BCUT2D eigenvalue weighted by molar-refractivity contribution is -0.142. The molecule has 30 heavy (non-hydrogen) atoms. The number of ether oxygens (including phenoxy) is 1. The van der Waals surface area contributed by atoms with E-state index in [-0.39, 0.29) is 33.7 Å². The average molecular weight is 473 g/mol. The first kappa shape index (κ1) is 22.8. The number of esters is 1. The van der Waals surface area contributed by atoms with Gasteiger partial charge in [-0.3, -0.25) is 9.59 Å². The van der Waals surface area contributed by atoms with Gasteiger partial charge in [-0.2, -0.15) is 0 Å². The van der Waals surface area contributed by atoms with E-state index >= 15 is 0 Å². The van der Waals surface area contributed by atoms with Crippen molar-refractivity contribution >= 4 is 45.0 Å². The molecule has 1 aromatic carbocycles. The number of hydrogen-bond acceptors (Lipinski definition) is 5. The fourth-order valence-electron chi connectivity index (χ4n) is 3.35. The van der Waals surface area contributed by atoms with Crippen LogP contribution in [0.3, 0.4) is 0 Å². The summed E-state index contributed by atoms with van der Waals surface area (Å²) in [4.78, 5) is 24.1. The Balaban J connectivity index is 1.51. The maximum Gasteiger partial charge on any atom is 0.307 e. The van der Waals surface area contributed by atoms with Crippen LogP contribution in [-0.4, -0.2) is 37.9 Å². The molecule has 0 spiro atoms. The molecule has 7 nitrogen and oxygen atoms in total. The SMILES string of the molecule is Cc1cc(C(=O)COC(=O)CCNS(=O)(=O)c2c(Cl)cccc2Cl)c(C)n1C1CC1. The molecule has 0 atom stereocenters. The van der Waals surface area contributed by atoms with Gasteiger partial charge in [-0.05, 0) is 44.9 Å². The summed E-state index contributed by atoms with van der Waals surface area (Å²) in [6.45, 7) is 3.23. The minimum Gasteiger partial charge on any atom is -0.457 e. The van der Waals surface area contributed by atoms with E-state index < -0.39 is 22.6 Å². The number of rotatable bonds is 9. The quantitative estimate of drug-likeness (QED) is 0.441. The Morgan fingerprint density at radius 1 is 1.20 bits per heavy atom. The van der Waals surface area contributed by atoms with Crippen molar-refractivity contribution in [2.24, 2.45) is 0 Å². The van der Waals surface area contributed by atoms with Gasteiger partial charge in [0.15, 0.2) is 6.61 Å². The lowest BCUT2D eigenvalue weighted by Crippen LogP contribution is -2.27. The molecular formula is C20H22Cl2N2O5S. The topological polar surface area (TPSA) is 94.5 Å². The number of ketones is 1. The Morgan fingerprint density at radius 2 is 1.83 bits per heavy atom. The van der Waals surface area contributed by atoms with Gasteiger partial charge in [0.25, 0.3) is 0 Å². The zero-order chi connectivity index (χ0) is 22.1. The summed E-state index contributed by atoms with van der Waals surface area (Å²) in [6.07, 6.45) is 1.97. The van der Waals surface area contributed by atoms with Crippen molar-refractivity contribution in [2.45, 2.75) is 44.0 Å². The van der Waals surface area contributed by atoms with Crippen molar-refractivity contribution in [3.63, 3.8) is 0 Å². The van der Waals surface area contributed by atoms with Crippen LogP contribution in [0.5, 0.6) is 0 Å². The summed E-state index contributed by atoms with van der Waals surface area (Å²) in [5.74, 6) is -0.973. The van der Waals surface area contributed by atoms with Gasteiger partial charge in [-0.25, -0.2) is 13.1 Å².